The number of alkyl halides is 1. The molecule has 1 fully saturated rings. The van der Waals surface area contributed by atoms with Gasteiger partial charge < -0.3 is 35.6 Å². The maximum absolute atomic E-state index is 15.0. The first-order valence-electron chi connectivity index (χ1n) is 14.5. The second-order valence-corrected chi connectivity index (χ2v) is 12.3. The summed E-state index contributed by atoms with van der Waals surface area (Å²) in [5, 5.41) is 20.1. The van der Waals surface area contributed by atoms with E-state index in [1.165, 1.54) is 12.4 Å². The summed E-state index contributed by atoms with van der Waals surface area (Å²) in [6, 6.07) is 6.71. The van der Waals surface area contributed by atoms with Crippen molar-refractivity contribution < 1.29 is 19.0 Å². The Morgan fingerprint density at radius 1 is 1.09 bits per heavy atom. The zero-order chi connectivity index (χ0) is 32.2. The fraction of sp³-hybridized carbons (Fsp3) is 0.484. The van der Waals surface area contributed by atoms with Crippen LogP contribution >= 0.6 is 11.6 Å². The van der Waals surface area contributed by atoms with Crippen molar-refractivity contribution in [3.05, 3.63) is 47.5 Å². The van der Waals surface area contributed by atoms with E-state index in [1.807, 2.05) is 32.1 Å². The summed E-state index contributed by atoms with van der Waals surface area (Å²) < 4.78 is 20.7. The molecule has 1 saturated carbocycles. The van der Waals surface area contributed by atoms with E-state index in [0.29, 0.717) is 46.4 Å². The fourth-order valence-corrected chi connectivity index (χ4v) is 5.09. The summed E-state index contributed by atoms with van der Waals surface area (Å²) in [7, 11) is 7.49. The molecule has 1 aliphatic rings. The Morgan fingerprint density at radius 2 is 1.75 bits per heavy atom. The smallest absolute Gasteiger partial charge is 0.232 e. The van der Waals surface area contributed by atoms with E-state index in [4.69, 9.17) is 16.3 Å². The molecule has 1 heterocycles. The second-order valence-electron chi connectivity index (χ2n) is 12.0. The number of nitrogens with one attached hydrogen (secondary N) is 3. The first kappa shape index (κ1) is 33.2. The molecule has 2 atom stereocenters. The van der Waals surface area contributed by atoms with Gasteiger partial charge in [0.05, 0.1) is 29.8 Å². The molecular weight excluding hydrogens is 587 g/mol. The lowest BCUT2D eigenvalue weighted by molar-refractivity contribution is -0.115. The highest BCUT2D eigenvalue weighted by Crippen LogP contribution is 2.49. The number of amides is 1. The number of carbonyl (C=O) groups excluding carboxylic acids is 1. The standard InChI is InChI=1S/C31H42ClFN8O3/c1-18-12-19(18)20-13-23(21(14-22(20)33)31(2,3)43)37-29-34-17-35-30(39-29)38-25-15-24(36-28(42)8-9-32)26(16-27(25)44-7)41(6)11-10-40(4)5/h13-19,43H,8-12H2,1-7H3,(H,36,42)(H2,34,35,37,38,39)/t18-,19?/m0/s1. The number of aliphatic hydroxyl groups is 1. The van der Waals surface area contributed by atoms with Crippen LogP contribution in [0.1, 0.15) is 50.7 Å². The van der Waals surface area contributed by atoms with E-state index in [2.05, 4.69) is 42.7 Å². The Morgan fingerprint density at radius 3 is 2.32 bits per heavy atom. The number of halogens is 2. The van der Waals surface area contributed by atoms with Crippen LogP contribution in [0.25, 0.3) is 0 Å². The number of rotatable bonds is 14. The molecule has 44 heavy (non-hydrogen) atoms. The van der Waals surface area contributed by atoms with Crippen molar-refractivity contribution in [2.24, 2.45) is 5.92 Å². The van der Waals surface area contributed by atoms with Crippen molar-refractivity contribution in [3.8, 4) is 5.75 Å². The van der Waals surface area contributed by atoms with E-state index in [0.717, 1.165) is 18.7 Å². The molecule has 11 nitrogen and oxygen atoms in total. The van der Waals surface area contributed by atoms with E-state index in [1.54, 1.807) is 33.1 Å². The van der Waals surface area contributed by atoms with Gasteiger partial charge in [0, 0.05) is 49.8 Å². The Balaban J connectivity index is 1.66. The molecule has 1 aliphatic carbocycles. The monoisotopic (exact) mass is 628 g/mol. The SMILES string of the molecule is COc1cc(N(C)CCN(C)C)c(NC(=O)CCCl)cc1Nc1ncnc(Nc2cc(C3C[C@@H]3C)c(F)cc2C(C)(C)O)n1. The maximum Gasteiger partial charge on any atom is 0.232 e. The molecule has 1 amide bonds. The molecule has 13 heteroatoms. The predicted octanol–water partition coefficient (Wildman–Crippen LogP) is 5.42. The predicted molar refractivity (Wildman–Crippen MR) is 173 cm³/mol. The van der Waals surface area contributed by atoms with Crippen LogP contribution < -0.4 is 25.6 Å². The van der Waals surface area contributed by atoms with Crippen LogP contribution in [0.3, 0.4) is 0 Å². The number of anilines is 6. The molecule has 4 N–H and O–H groups in total. The molecule has 2 aromatic carbocycles. The minimum absolute atomic E-state index is 0.137. The van der Waals surface area contributed by atoms with Gasteiger partial charge in [-0.2, -0.15) is 4.98 Å². The van der Waals surface area contributed by atoms with Gasteiger partial charge in [0.25, 0.3) is 0 Å². The van der Waals surface area contributed by atoms with Gasteiger partial charge in [-0.15, -0.1) is 11.6 Å². The third-order valence-corrected chi connectivity index (χ3v) is 7.77. The normalized spacial score (nSPS) is 16.1. The largest absolute Gasteiger partial charge is 0.494 e. The van der Waals surface area contributed by atoms with Crippen LogP contribution in [0, 0.1) is 11.7 Å². The minimum Gasteiger partial charge on any atom is -0.494 e. The van der Waals surface area contributed by atoms with Gasteiger partial charge in [-0.3, -0.25) is 4.79 Å². The number of likely N-dealkylation sites (N-methyl/N-ethyl adjacent to an activating group) is 2. The van der Waals surface area contributed by atoms with Gasteiger partial charge in [-0.25, -0.2) is 14.4 Å². The first-order valence-corrected chi connectivity index (χ1v) is 15.1. The minimum atomic E-state index is -1.32. The Hall–Kier alpha value is -3.74. The summed E-state index contributed by atoms with van der Waals surface area (Å²) in [5.41, 5.74) is 2.03. The summed E-state index contributed by atoms with van der Waals surface area (Å²) in [6.45, 7) is 6.80. The zero-order valence-corrected chi connectivity index (χ0v) is 27.1. The number of methoxy groups -OCH3 is 1. The molecule has 0 aliphatic heterocycles. The molecule has 0 bridgehead atoms. The lowest BCUT2D eigenvalue weighted by Crippen LogP contribution is -2.29. The van der Waals surface area contributed by atoms with Crippen LogP contribution in [0.2, 0.25) is 0 Å². The molecule has 1 unspecified atom stereocenters. The number of benzene rings is 2. The number of hydrogen-bond acceptors (Lipinski definition) is 10. The van der Waals surface area contributed by atoms with Crippen LogP contribution in [0.15, 0.2) is 30.6 Å². The molecule has 0 radical (unpaired) electrons. The molecule has 0 saturated heterocycles. The Labute approximate surface area is 263 Å². The topological polar surface area (TPSA) is 128 Å². The van der Waals surface area contributed by atoms with E-state index >= 15 is 4.39 Å². The second kappa shape index (κ2) is 13.9. The highest BCUT2D eigenvalue weighted by atomic mass is 35.5. The molecule has 1 aromatic heterocycles. The number of aromatic nitrogens is 3. The van der Waals surface area contributed by atoms with E-state index in [-0.39, 0.29) is 41.8 Å². The van der Waals surface area contributed by atoms with Crippen LogP contribution in [0.5, 0.6) is 5.75 Å². The average molecular weight is 629 g/mol. The fourth-order valence-electron chi connectivity index (χ4n) is 4.92. The van der Waals surface area contributed by atoms with Crippen LogP contribution in [-0.4, -0.2) is 78.1 Å². The van der Waals surface area contributed by atoms with Gasteiger partial charge in [0.1, 0.15) is 17.9 Å². The van der Waals surface area contributed by atoms with Crippen molar-refractivity contribution in [1.29, 1.82) is 0 Å². The quantitative estimate of drug-likeness (QED) is 0.172. The third-order valence-electron chi connectivity index (χ3n) is 7.58. The summed E-state index contributed by atoms with van der Waals surface area (Å²) >= 11 is 5.81. The summed E-state index contributed by atoms with van der Waals surface area (Å²) in [6.07, 6.45) is 2.42. The third kappa shape index (κ3) is 8.25. The Bertz CT molecular complexity index is 1480. The molecule has 4 rings (SSSR count). The van der Waals surface area contributed by atoms with Gasteiger partial charge in [-0.1, -0.05) is 6.92 Å². The van der Waals surface area contributed by atoms with Gasteiger partial charge in [0.15, 0.2) is 0 Å². The average Bonchev–Trinajstić information content (AvgIpc) is 3.68. The molecule has 238 valence electrons. The van der Waals surface area contributed by atoms with E-state index in [9.17, 15) is 9.90 Å². The molecule has 0 spiro atoms. The highest BCUT2D eigenvalue weighted by Gasteiger charge is 2.37. The van der Waals surface area contributed by atoms with E-state index < -0.39 is 5.60 Å². The number of hydrogen-bond donors (Lipinski definition) is 4. The summed E-state index contributed by atoms with van der Waals surface area (Å²) in [4.78, 5) is 29.7. The van der Waals surface area contributed by atoms with Gasteiger partial charge >= 0.3 is 0 Å². The van der Waals surface area contributed by atoms with Gasteiger partial charge in [0.2, 0.25) is 17.8 Å². The van der Waals surface area contributed by atoms with Crippen molar-refractivity contribution in [2.45, 2.75) is 45.1 Å². The Kier molecular flexibility index (Phi) is 10.5. The number of nitrogens with zero attached hydrogens (tertiary/aromatic N) is 5. The van der Waals surface area contributed by atoms with Crippen molar-refractivity contribution in [1.82, 2.24) is 19.9 Å². The summed E-state index contributed by atoms with van der Waals surface area (Å²) in [5.74, 6) is 1.09. The molecule has 3 aromatic rings. The lowest BCUT2D eigenvalue weighted by atomic mass is 9.93. The lowest BCUT2D eigenvalue weighted by Gasteiger charge is -2.26. The zero-order valence-electron chi connectivity index (χ0n) is 26.3. The highest BCUT2D eigenvalue weighted by molar-refractivity contribution is 6.19. The van der Waals surface area contributed by atoms with Gasteiger partial charge in [-0.05, 0) is 70.0 Å². The maximum atomic E-state index is 15.0. The van der Waals surface area contributed by atoms with Crippen LogP contribution in [-0.2, 0) is 10.4 Å². The first-order chi connectivity index (χ1) is 20.8. The number of ether oxygens (including phenoxy) is 1. The van der Waals surface area contributed by atoms with Crippen molar-refractivity contribution in [3.63, 3.8) is 0 Å². The van der Waals surface area contributed by atoms with Crippen LogP contribution in [0.4, 0.5) is 39.0 Å². The van der Waals surface area contributed by atoms with Crippen molar-refractivity contribution in [2.75, 3.05) is 68.1 Å². The molecular formula is C31H42ClFN8O3. The van der Waals surface area contributed by atoms with Crippen molar-refractivity contribution >= 4 is 52.2 Å². The number of carbonyl (C=O) groups is 1.